The summed E-state index contributed by atoms with van der Waals surface area (Å²) in [5, 5.41) is 14.0. The van der Waals surface area contributed by atoms with Gasteiger partial charge < -0.3 is 15.3 Å². The average molecular weight is 407 g/mol. The minimum atomic E-state index is -0.652. The smallest absolute Gasteiger partial charge is 0.237 e. The van der Waals surface area contributed by atoms with Gasteiger partial charge in [0.2, 0.25) is 5.91 Å². The first-order valence-electron chi connectivity index (χ1n) is 11.5. The number of aliphatic hydroxyl groups is 1. The van der Waals surface area contributed by atoms with Crippen molar-refractivity contribution in [2.45, 2.75) is 63.5 Å². The molecule has 1 heterocycles. The molecule has 0 saturated heterocycles. The molecule has 1 unspecified atom stereocenters. The van der Waals surface area contributed by atoms with E-state index in [-0.39, 0.29) is 18.5 Å². The third-order valence-corrected chi connectivity index (χ3v) is 6.82. The zero-order valence-electron chi connectivity index (χ0n) is 18.1. The molecule has 1 aliphatic heterocycles. The summed E-state index contributed by atoms with van der Waals surface area (Å²) in [6, 6.07) is 16.9. The fraction of sp³-hybridized carbons (Fsp3) is 0.500. The van der Waals surface area contributed by atoms with Gasteiger partial charge >= 0.3 is 0 Å². The second-order valence-corrected chi connectivity index (χ2v) is 8.88. The van der Waals surface area contributed by atoms with Crippen molar-refractivity contribution in [2.75, 3.05) is 19.6 Å². The highest BCUT2D eigenvalue weighted by Gasteiger charge is 2.34. The zero-order valence-corrected chi connectivity index (χ0v) is 18.1. The molecule has 2 aliphatic rings. The van der Waals surface area contributed by atoms with Crippen LogP contribution in [0, 0.1) is 0 Å². The Labute approximate surface area is 180 Å². The van der Waals surface area contributed by atoms with Crippen LogP contribution < -0.4 is 5.32 Å². The summed E-state index contributed by atoms with van der Waals surface area (Å²) in [6.07, 6.45) is 6.86. The zero-order chi connectivity index (χ0) is 21.0. The minimum absolute atomic E-state index is 0.0434. The van der Waals surface area contributed by atoms with Gasteiger partial charge in [-0.1, -0.05) is 74.7 Å². The molecule has 4 nitrogen and oxygen atoms in total. The van der Waals surface area contributed by atoms with Crippen molar-refractivity contribution in [3.05, 3.63) is 70.8 Å². The van der Waals surface area contributed by atoms with Crippen molar-refractivity contribution < 1.29 is 9.90 Å². The molecule has 1 fully saturated rings. The first-order valence-corrected chi connectivity index (χ1v) is 11.5. The molecule has 0 spiro atoms. The van der Waals surface area contributed by atoms with Crippen LogP contribution in [-0.2, 0) is 17.6 Å². The molecule has 0 bridgehead atoms. The first kappa shape index (κ1) is 21.1. The van der Waals surface area contributed by atoms with Crippen LogP contribution in [0.3, 0.4) is 0 Å². The van der Waals surface area contributed by atoms with Gasteiger partial charge in [-0.2, -0.15) is 0 Å². The molecule has 1 saturated carbocycles. The average Bonchev–Trinajstić information content (AvgIpc) is 2.78. The monoisotopic (exact) mass is 406 g/mol. The summed E-state index contributed by atoms with van der Waals surface area (Å²) < 4.78 is 0. The fourth-order valence-corrected chi connectivity index (χ4v) is 5.21. The summed E-state index contributed by atoms with van der Waals surface area (Å²) in [5.41, 5.74) is 4.50. The Morgan fingerprint density at radius 2 is 1.87 bits per heavy atom. The quantitative estimate of drug-likeness (QED) is 0.762. The first-order chi connectivity index (χ1) is 14.6. The number of nitrogens with zero attached hydrogens (tertiary/aromatic N) is 1. The molecule has 4 heteroatoms. The van der Waals surface area contributed by atoms with Gasteiger partial charge in [-0.15, -0.1) is 0 Å². The second kappa shape index (κ2) is 9.32. The molecular formula is C26H34N2O2. The van der Waals surface area contributed by atoms with Gasteiger partial charge in [0.1, 0.15) is 0 Å². The van der Waals surface area contributed by atoms with E-state index in [2.05, 4.69) is 54.7 Å². The molecule has 2 aromatic carbocycles. The number of carbonyl (C=O) groups excluding carboxylic acids is 1. The predicted octanol–water partition coefficient (Wildman–Crippen LogP) is 4.01. The largest absolute Gasteiger partial charge is 0.389 e. The van der Waals surface area contributed by atoms with Crippen molar-refractivity contribution in [3.63, 3.8) is 0 Å². The molecule has 2 N–H and O–H groups in total. The molecule has 4 rings (SSSR count). The van der Waals surface area contributed by atoms with Gasteiger partial charge in [-0.25, -0.2) is 0 Å². The Morgan fingerprint density at radius 1 is 1.10 bits per heavy atom. The Morgan fingerprint density at radius 3 is 2.60 bits per heavy atom. The van der Waals surface area contributed by atoms with Crippen LogP contribution in [0.5, 0.6) is 0 Å². The lowest BCUT2D eigenvalue weighted by Gasteiger charge is -2.39. The van der Waals surface area contributed by atoms with Crippen LogP contribution in [0.15, 0.2) is 48.5 Å². The summed E-state index contributed by atoms with van der Waals surface area (Å²) in [5.74, 6) is 0.111. The van der Waals surface area contributed by atoms with Crippen molar-refractivity contribution in [3.8, 4) is 0 Å². The number of amides is 1. The van der Waals surface area contributed by atoms with Crippen LogP contribution in [0.4, 0.5) is 0 Å². The van der Waals surface area contributed by atoms with E-state index in [1.54, 1.807) is 0 Å². The molecule has 0 radical (unpaired) electrons. The van der Waals surface area contributed by atoms with E-state index in [1.807, 2.05) is 11.0 Å². The predicted molar refractivity (Wildman–Crippen MR) is 120 cm³/mol. The maximum Gasteiger partial charge on any atom is 0.237 e. The summed E-state index contributed by atoms with van der Waals surface area (Å²) in [6.45, 7) is 3.68. The Balaban J connectivity index is 1.54. The summed E-state index contributed by atoms with van der Waals surface area (Å²) in [7, 11) is 0. The lowest BCUT2D eigenvalue weighted by atomic mass is 9.84. The number of hydrogen-bond donors (Lipinski definition) is 2. The van der Waals surface area contributed by atoms with E-state index in [0.29, 0.717) is 6.54 Å². The van der Waals surface area contributed by atoms with Crippen molar-refractivity contribution in [1.82, 2.24) is 10.2 Å². The number of hydrogen-bond acceptors (Lipinski definition) is 3. The molecule has 2 aromatic rings. The van der Waals surface area contributed by atoms with Gasteiger partial charge in [0.05, 0.1) is 18.2 Å². The van der Waals surface area contributed by atoms with E-state index in [1.165, 1.54) is 28.7 Å². The number of aryl methyl sites for hydroxylation is 1. The van der Waals surface area contributed by atoms with Crippen molar-refractivity contribution in [1.29, 1.82) is 0 Å². The second-order valence-electron chi connectivity index (χ2n) is 8.88. The van der Waals surface area contributed by atoms with Crippen LogP contribution in [0.1, 0.15) is 67.3 Å². The van der Waals surface area contributed by atoms with Gasteiger partial charge in [-0.3, -0.25) is 4.79 Å². The lowest BCUT2D eigenvalue weighted by molar-refractivity contribution is -0.132. The van der Waals surface area contributed by atoms with E-state index < -0.39 is 5.60 Å². The number of benzene rings is 2. The highest BCUT2D eigenvalue weighted by Crippen LogP contribution is 2.37. The normalized spacial score (nSPS) is 20.6. The maximum atomic E-state index is 13.3. The lowest BCUT2D eigenvalue weighted by Crippen LogP contribution is -2.48. The van der Waals surface area contributed by atoms with Crippen LogP contribution in [0.25, 0.3) is 0 Å². The van der Waals surface area contributed by atoms with Crippen LogP contribution >= 0.6 is 0 Å². The third kappa shape index (κ3) is 4.45. The Hall–Kier alpha value is -2.17. The fourth-order valence-electron chi connectivity index (χ4n) is 5.21. The summed E-state index contributed by atoms with van der Waals surface area (Å²) >= 11 is 0. The van der Waals surface area contributed by atoms with E-state index in [0.717, 1.165) is 45.1 Å². The van der Waals surface area contributed by atoms with Gasteiger partial charge in [0.15, 0.2) is 0 Å². The van der Waals surface area contributed by atoms with Gasteiger partial charge in [0.25, 0.3) is 0 Å². The topological polar surface area (TPSA) is 52.6 Å². The van der Waals surface area contributed by atoms with Gasteiger partial charge in [0, 0.05) is 13.1 Å². The molecule has 0 aromatic heterocycles. The van der Waals surface area contributed by atoms with E-state index in [4.69, 9.17) is 0 Å². The highest BCUT2D eigenvalue weighted by molar-refractivity contribution is 5.80. The maximum absolute atomic E-state index is 13.3. The number of carbonyl (C=O) groups is 1. The third-order valence-electron chi connectivity index (χ3n) is 6.82. The summed E-state index contributed by atoms with van der Waals surface area (Å²) in [4.78, 5) is 15.4. The van der Waals surface area contributed by atoms with Gasteiger partial charge in [-0.05, 0) is 47.9 Å². The molecule has 1 aliphatic carbocycles. The van der Waals surface area contributed by atoms with E-state index in [9.17, 15) is 9.90 Å². The number of fused-ring (bicyclic) bond motifs is 1. The number of rotatable bonds is 6. The molecule has 1 atom stereocenters. The Kier molecular flexibility index (Phi) is 6.55. The minimum Gasteiger partial charge on any atom is -0.389 e. The molecule has 1 amide bonds. The highest BCUT2D eigenvalue weighted by atomic mass is 16.3. The Bertz CT molecular complexity index is 844. The van der Waals surface area contributed by atoms with Crippen molar-refractivity contribution >= 4 is 5.91 Å². The molecule has 160 valence electrons. The van der Waals surface area contributed by atoms with Crippen LogP contribution in [-0.4, -0.2) is 41.1 Å². The molecular weight excluding hydrogens is 372 g/mol. The van der Waals surface area contributed by atoms with Crippen LogP contribution in [0.2, 0.25) is 0 Å². The molecule has 30 heavy (non-hydrogen) atoms. The standard InChI is InChI=1S/C26H34N2O2/c1-2-20-12-9-13-21-14-17-28(25(24(20)21)22-10-5-3-6-11-22)23(29)18-27-19-26(30)15-7-4-8-16-26/h3,5-6,9-13,25,27,30H,2,4,7-8,14-19H2,1H3. The SMILES string of the molecule is CCc1cccc2c1C(c1ccccc1)N(C(=O)CNCC1(O)CCCCC1)CC2. The van der Waals surface area contributed by atoms with Crippen molar-refractivity contribution in [2.24, 2.45) is 0 Å². The van der Waals surface area contributed by atoms with E-state index >= 15 is 0 Å². The number of nitrogens with one attached hydrogen (secondary N) is 1.